The minimum atomic E-state index is -0.542. The molecule has 0 aliphatic carbocycles. The number of carbonyl (C=O) groups excluding carboxylic acids is 1. The molecule has 9 nitrogen and oxygen atoms in total. The van der Waals surface area contributed by atoms with Crippen molar-refractivity contribution in [3.63, 3.8) is 0 Å². The number of aromatic nitrogens is 5. The van der Waals surface area contributed by atoms with Gasteiger partial charge in [0.25, 0.3) is 0 Å². The molecule has 0 unspecified atom stereocenters. The molecule has 0 amide bonds. The number of esters is 1. The highest BCUT2D eigenvalue weighted by Gasteiger charge is 2.19. The Balaban J connectivity index is 1.21. The first-order valence-corrected chi connectivity index (χ1v) is 14.6. The molecule has 0 spiro atoms. The van der Waals surface area contributed by atoms with E-state index in [4.69, 9.17) is 24.2 Å². The fourth-order valence-electron chi connectivity index (χ4n) is 4.14. The number of methoxy groups -OCH3 is 1. The predicted molar refractivity (Wildman–Crippen MR) is 160 cm³/mol. The number of thiazole rings is 2. The second kappa shape index (κ2) is 10.6. The second-order valence-corrected chi connectivity index (χ2v) is 12.3. The van der Waals surface area contributed by atoms with Crippen molar-refractivity contribution in [3.05, 3.63) is 77.1 Å². The van der Waals surface area contributed by atoms with Crippen molar-refractivity contribution < 1.29 is 19.0 Å². The predicted octanol–water partition coefficient (Wildman–Crippen LogP) is 6.98. The maximum atomic E-state index is 12.3. The zero-order valence-corrected chi connectivity index (χ0v) is 24.8. The molecule has 6 rings (SSSR count). The minimum Gasteiger partial charge on any atom is -0.497 e. The Bertz CT molecular complexity index is 1880. The van der Waals surface area contributed by atoms with Crippen molar-refractivity contribution in [2.75, 3.05) is 7.11 Å². The Labute approximate surface area is 244 Å². The van der Waals surface area contributed by atoms with E-state index in [0.717, 1.165) is 48.5 Å². The molecule has 0 aliphatic heterocycles. The largest absolute Gasteiger partial charge is 0.497 e. The van der Waals surface area contributed by atoms with Crippen LogP contribution in [-0.4, -0.2) is 43.2 Å². The van der Waals surface area contributed by atoms with Gasteiger partial charge in [0, 0.05) is 23.1 Å². The molecular weight excluding hydrogens is 558 g/mol. The van der Waals surface area contributed by atoms with Crippen molar-refractivity contribution in [1.82, 2.24) is 24.6 Å². The van der Waals surface area contributed by atoms with Gasteiger partial charge in [-0.25, -0.2) is 24.3 Å². The Morgan fingerprint density at radius 1 is 1.00 bits per heavy atom. The molecule has 0 saturated carbocycles. The van der Waals surface area contributed by atoms with Crippen LogP contribution in [0.25, 0.3) is 37.1 Å². The lowest BCUT2D eigenvalue weighted by atomic mass is 10.1. The monoisotopic (exact) mass is 585 g/mol. The average molecular weight is 586 g/mol. The van der Waals surface area contributed by atoms with Crippen LogP contribution in [0.2, 0.25) is 0 Å². The van der Waals surface area contributed by atoms with Gasteiger partial charge in [0.15, 0.2) is 5.65 Å². The van der Waals surface area contributed by atoms with Crippen LogP contribution in [0.3, 0.4) is 0 Å². The lowest BCUT2D eigenvalue weighted by Gasteiger charge is -2.19. The molecule has 0 radical (unpaired) electrons. The van der Waals surface area contributed by atoms with Crippen molar-refractivity contribution in [1.29, 1.82) is 0 Å². The summed E-state index contributed by atoms with van der Waals surface area (Å²) >= 11 is 3.03. The van der Waals surface area contributed by atoms with Crippen LogP contribution in [-0.2, 0) is 11.3 Å². The van der Waals surface area contributed by atoms with E-state index < -0.39 is 5.60 Å². The van der Waals surface area contributed by atoms with E-state index in [0.29, 0.717) is 17.1 Å². The normalized spacial score (nSPS) is 11.7. The first kappa shape index (κ1) is 26.9. The van der Waals surface area contributed by atoms with Crippen LogP contribution in [0.5, 0.6) is 11.5 Å². The highest BCUT2D eigenvalue weighted by atomic mass is 32.1. The van der Waals surface area contributed by atoms with Crippen molar-refractivity contribution in [2.24, 2.45) is 0 Å². The molecule has 0 saturated heterocycles. The Kier molecular flexibility index (Phi) is 6.92. The number of hydrogen-bond acceptors (Lipinski definition) is 10. The molecule has 208 valence electrons. The molecule has 0 aliphatic rings. The summed E-state index contributed by atoms with van der Waals surface area (Å²) in [5, 5.41) is 8.07. The summed E-state index contributed by atoms with van der Waals surface area (Å²) in [5.41, 5.74) is 4.86. The average Bonchev–Trinajstić information content (AvgIpc) is 3.68. The molecule has 2 aromatic carbocycles. The molecule has 0 atom stereocenters. The van der Waals surface area contributed by atoms with Crippen LogP contribution in [0.1, 0.15) is 42.5 Å². The molecule has 0 bridgehead atoms. The first-order chi connectivity index (χ1) is 19.6. The molecular formula is C30H27N5O4S2. The first-order valence-electron chi connectivity index (χ1n) is 12.9. The summed E-state index contributed by atoms with van der Waals surface area (Å²) in [7, 11) is 1.62. The van der Waals surface area contributed by atoms with Gasteiger partial charge in [0.1, 0.15) is 39.4 Å². The van der Waals surface area contributed by atoms with Gasteiger partial charge in [-0.05, 0) is 52.0 Å². The molecule has 4 aromatic heterocycles. The lowest BCUT2D eigenvalue weighted by molar-refractivity contribution is 0.00695. The summed E-state index contributed by atoms with van der Waals surface area (Å²) in [5.74, 6) is 0.971. The Morgan fingerprint density at radius 2 is 1.80 bits per heavy atom. The molecule has 0 N–H and O–H groups in total. The number of benzene rings is 2. The third-order valence-electron chi connectivity index (χ3n) is 6.03. The van der Waals surface area contributed by atoms with Gasteiger partial charge < -0.3 is 14.2 Å². The fourth-order valence-corrected chi connectivity index (χ4v) is 5.91. The van der Waals surface area contributed by atoms with Crippen LogP contribution in [0.15, 0.2) is 60.1 Å². The number of imidazole rings is 1. The Hall–Kier alpha value is -4.35. The van der Waals surface area contributed by atoms with Crippen molar-refractivity contribution >= 4 is 44.5 Å². The van der Waals surface area contributed by atoms with E-state index in [1.807, 2.05) is 75.7 Å². The van der Waals surface area contributed by atoms with E-state index in [9.17, 15) is 4.79 Å². The molecule has 41 heavy (non-hydrogen) atoms. The third-order valence-corrected chi connectivity index (χ3v) is 8.08. The lowest BCUT2D eigenvalue weighted by Crippen LogP contribution is -2.23. The maximum absolute atomic E-state index is 12.3. The zero-order chi connectivity index (χ0) is 28.7. The highest BCUT2D eigenvalue weighted by molar-refractivity contribution is 7.22. The SMILES string of the molecule is COc1cc(OCc2csc(-c3ccc(C(=O)OC(C)(C)C)cc3)n2)c2sc(-c3cn4nc(C)ccc4n3)nc2c1. The third kappa shape index (κ3) is 5.77. The van der Waals surface area contributed by atoms with Crippen LogP contribution >= 0.6 is 22.7 Å². The number of rotatable bonds is 7. The standard InChI is InChI=1S/C30H27N5O4S2/c1-17-6-11-25-32-23(14-35(25)34-17)28-33-22-12-21(37-5)13-24(26(22)41-28)38-15-20-16-40-27(31-20)18-7-9-19(10-8-18)29(36)39-30(2,3)4/h6-14,16H,15H2,1-5H3. The number of fused-ring (bicyclic) bond motifs is 2. The van der Waals surface area contributed by atoms with Gasteiger partial charge in [-0.1, -0.05) is 12.1 Å². The number of ether oxygens (including phenoxy) is 3. The van der Waals surface area contributed by atoms with Gasteiger partial charge in [-0.15, -0.1) is 22.7 Å². The number of aryl methyl sites for hydroxylation is 1. The van der Waals surface area contributed by atoms with E-state index >= 15 is 0 Å². The second-order valence-electron chi connectivity index (χ2n) is 10.4. The molecule has 0 fully saturated rings. The summed E-state index contributed by atoms with van der Waals surface area (Å²) < 4.78 is 19.9. The number of carbonyl (C=O) groups is 1. The van der Waals surface area contributed by atoms with Gasteiger partial charge in [-0.2, -0.15) is 5.10 Å². The topological polar surface area (TPSA) is 101 Å². The van der Waals surface area contributed by atoms with E-state index in [1.54, 1.807) is 23.8 Å². The summed E-state index contributed by atoms with van der Waals surface area (Å²) in [6.45, 7) is 7.77. The van der Waals surface area contributed by atoms with Crippen molar-refractivity contribution in [2.45, 2.75) is 39.9 Å². The van der Waals surface area contributed by atoms with Gasteiger partial charge in [0.2, 0.25) is 0 Å². The molecule has 6 aromatic rings. The number of nitrogens with zero attached hydrogens (tertiary/aromatic N) is 5. The number of hydrogen-bond donors (Lipinski definition) is 0. The van der Waals surface area contributed by atoms with E-state index in [-0.39, 0.29) is 12.6 Å². The zero-order valence-electron chi connectivity index (χ0n) is 23.2. The fraction of sp³-hybridized carbons (Fsp3) is 0.233. The van der Waals surface area contributed by atoms with Gasteiger partial charge in [0.05, 0.1) is 40.5 Å². The molecule has 4 heterocycles. The van der Waals surface area contributed by atoms with E-state index in [2.05, 4.69) is 10.1 Å². The Morgan fingerprint density at radius 3 is 2.56 bits per heavy atom. The smallest absolute Gasteiger partial charge is 0.338 e. The van der Waals surface area contributed by atoms with Crippen molar-refractivity contribution in [3.8, 4) is 32.8 Å². The summed E-state index contributed by atoms with van der Waals surface area (Å²) in [6.07, 6.45) is 1.88. The van der Waals surface area contributed by atoms with Crippen LogP contribution in [0.4, 0.5) is 0 Å². The summed E-state index contributed by atoms with van der Waals surface area (Å²) in [6, 6.07) is 14.9. The molecule has 11 heteroatoms. The minimum absolute atomic E-state index is 0.277. The maximum Gasteiger partial charge on any atom is 0.338 e. The van der Waals surface area contributed by atoms with Gasteiger partial charge >= 0.3 is 5.97 Å². The quantitative estimate of drug-likeness (QED) is 0.185. The van der Waals surface area contributed by atoms with E-state index in [1.165, 1.54) is 22.7 Å². The highest BCUT2D eigenvalue weighted by Crippen LogP contribution is 2.39. The van der Waals surface area contributed by atoms with Gasteiger partial charge in [-0.3, -0.25) is 0 Å². The van der Waals surface area contributed by atoms with Crippen LogP contribution in [0, 0.1) is 6.92 Å². The summed E-state index contributed by atoms with van der Waals surface area (Å²) in [4.78, 5) is 26.6. The van der Waals surface area contributed by atoms with Crippen LogP contribution < -0.4 is 9.47 Å².